The summed E-state index contributed by atoms with van der Waals surface area (Å²) in [6, 6.07) is 5.70. The van der Waals surface area contributed by atoms with Crippen LogP contribution in [-0.2, 0) is 6.54 Å². The third-order valence-electron chi connectivity index (χ3n) is 2.22. The molecule has 6 heteroatoms. The van der Waals surface area contributed by atoms with Crippen LogP contribution in [0.1, 0.15) is 12.6 Å². The molecule has 0 aliphatic rings. The Bertz CT molecular complexity index is 496. The molecule has 2 aromatic rings. The molecule has 0 amide bonds. The van der Waals surface area contributed by atoms with Gasteiger partial charge >= 0.3 is 0 Å². The summed E-state index contributed by atoms with van der Waals surface area (Å²) in [6.45, 7) is 2.76. The highest BCUT2D eigenvalue weighted by Gasteiger charge is 2.03. The van der Waals surface area contributed by atoms with E-state index < -0.39 is 0 Å². The van der Waals surface area contributed by atoms with Crippen LogP contribution in [0.5, 0.6) is 0 Å². The van der Waals surface area contributed by atoms with Gasteiger partial charge in [0.2, 0.25) is 0 Å². The van der Waals surface area contributed by atoms with E-state index in [1.165, 1.54) is 6.33 Å². The average molecular weight is 228 g/mol. The summed E-state index contributed by atoms with van der Waals surface area (Å²) in [5.74, 6) is 0. The molecule has 0 saturated heterocycles. The summed E-state index contributed by atoms with van der Waals surface area (Å²) in [5, 5.41) is 15.9. The lowest BCUT2D eigenvalue weighted by atomic mass is 10.3. The molecule has 1 atom stereocenters. The van der Waals surface area contributed by atoms with Crippen molar-refractivity contribution in [3.63, 3.8) is 0 Å². The first kappa shape index (κ1) is 11.1. The Balaban J connectivity index is 1.94. The predicted octanol–water partition coefficient (Wildman–Crippen LogP) is 1.05. The normalized spacial score (nSPS) is 11.8. The van der Waals surface area contributed by atoms with Gasteiger partial charge in [-0.05, 0) is 19.1 Å². The van der Waals surface area contributed by atoms with Crippen molar-refractivity contribution in [2.24, 2.45) is 0 Å². The van der Waals surface area contributed by atoms with Gasteiger partial charge in [0.05, 0.1) is 18.4 Å². The molecule has 0 radical (unpaired) electrons. The predicted molar refractivity (Wildman–Crippen MR) is 62.1 cm³/mol. The number of anilines is 1. The topological polar surface area (TPSA) is 79.4 Å². The standard InChI is InChI=1S/C11H12N6/c1-9(6-17-8-13-7-15-17)16-11-3-2-10(4-12)14-5-11/h2-3,5,7-9,16H,6H2,1H3/t9-/m1/s1. The fraction of sp³-hybridized carbons (Fsp3) is 0.273. The van der Waals surface area contributed by atoms with Crippen molar-refractivity contribution in [1.29, 1.82) is 5.26 Å². The number of nitriles is 1. The number of pyridine rings is 1. The van der Waals surface area contributed by atoms with Gasteiger partial charge < -0.3 is 5.32 Å². The summed E-state index contributed by atoms with van der Waals surface area (Å²) < 4.78 is 1.76. The fourth-order valence-corrected chi connectivity index (χ4v) is 1.48. The summed E-state index contributed by atoms with van der Waals surface area (Å²) in [7, 11) is 0. The van der Waals surface area contributed by atoms with Gasteiger partial charge in [-0.15, -0.1) is 0 Å². The highest BCUT2D eigenvalue weighted by molar-refractivity contribution is 5.43. The van der Waals surface area contributed by atoms with Crippen molar-refractivity contribution in [1.82, 2.24) is 19.7 Å². The van der Waals surface area contributed by atoms with Crippen molar-refractivity contribution in [3.05, 3.63) is 36.7 Å². The van der Waals surface area contributed by atoms with E-state index in [0.29, 0.717) is 5.69 Å². The van der Waals surface area contributed by atoms with Crippen LogP contribution < -0.4 is 5.32 Å². The van der Waals surface area contributed by atoms with E-state index in [1.54, 1.807) is 23.3 Å². The minimum atomic E-state index is 0.200. The fourth-order valence-electron chi connectivity index (χ4n) is 1.48. The zero-order chi connectivity index (χ0) is 12.1. The van der Waals surface area contributed by atoms with Crippen LogP contribution in [0.3, 0.4) is 0 Å². The Labute approximate surface area is 98.9 Å². The number of nitrogens with zero attached hydrogens (tertiary/aromatic N) is 5. The van der Waals surface area contributed by atoms with Crippen molar-refractivity contribution in [2.45, 2.75) is 19.5 Å². The lowest BCUT2D eigenvalue weighted by Crippen LogP contribution is -2.22. The molecule has 1 N–H and O–H groups in total. The molecule has 0 aliphatic heterocycles. The largest absolute Gasteiger partial charge is 0.379 e. The molecule has 0 aliphatic carbocycles. The monoisotopic (exact) mass is 228 g/mol. The van der Waals surface area contributed by atoms with Gasteiger partial charge in [0.1, 0.15) is 24.4 Å². The first-order valence-electron chi connectivity index (χ1n) is 5.23. The van der Waals surface area contributed by atoms with Gasteiger partial charge in [0.15, 0.2) is 0 Å². The summed E-state index contributed by atoms with van der Waals surface area (Å²) in [5.41, 5.74) is 1.30. The smallest absolute Gasteiger partial charge is 0.140 e. The SMILES string of the molecule is C[C@H](Cn1cncn1)Nc1ccc(C#N)nc1. The molecule has 0 unspecified atom stereocenters. The quantitative estimate of drug-likeness (QED) is 0.845. The Kier molecular flexibility index (Phi) is 3.31. The van der Waals surface area contributed by atoms with E-state index in [4.69, 9.17) is 5.26 Å². The lowest BCUT2D eigenvalue weighted by molar-refractivity contribution is 0.559. The number of rotatable bonds is 4. The molecule has 86 valence electrons. The molecule has 6 nitrogen and oxygen atoms in total. The molecule has 0 fully saturated rings. The van der Waals surface area contributed by atoms with Crippen LogP contribution in [0.4, 0.5) is 5.69 Å². The van der Waals surface area contributed by atoms with E-state index in [-0.39, 0.29) is 6.04 Å². The van der Waals surface area contributed by atoms with Gasteiger partial charge in [0, 0.05) is 6.04 Å². The molecule has 17 heavy (non-hydrogen) atoms. The van der Waals surface area contributed by atoms with Crippen LogP contribution >= 0.6 is 0 Å². The number of hydrogen-bond acceptors (Lipinski definition) is 5. The van der Waals surface area contributed by atoms with Gasteiger partial charge in [-0.3, -0.25) is 4.68 Å². The molecule has 0 spiro atoms. The molecule has 0 bridgehead atoms. The van der Waals surface area contributed by atoms with Crippen LogP contribution in [-0.4, -0.2) is 25.8 Å². The molecule has 0 aromatic carbocycles. The second-order valence-corrected chi connectivity index (χ2v) is 3.71. The number of aromatic nitrogens is 4. The molecule has 2 heterocycles. The highest BCUT2D eigenvalue weighted by atomic mass is 15.3. The van der Waals surface area contributed by atoms with E-state index in [9.17, 15) is 0 Å². The van der Waals surface area contributed by atoms with E-state index in [1.807, 2.05) is 19.1 Å². The summed E-state index contributed by atoms with van der Waals surface area (Å²) in [6.07, 6.45) is 4.83. The van der Waals surface area contributed by atoms with E-state index in [0.717, 1.165) is 12.2 Å². The Morgan fingerprint density at radius 2 is 2.41 bits per heavy atom. The Morgan fingerprint density at radius 1 is 1.53 bits per heavy atom. The number of nitrogens with one attached hydrogen (secondary N) is 1. The van der Waals surface area contributed by atoms with Crippen LogP contribution in [0.25, 0.3) is 0 Å². The first-order valence-corrected chi connectivity index (χ1v) is 5.23. The first-order chi connectivity index (χ1) is 8.28. The van der Waals surface area contributed by atoms with Gasteiger partial charge in [-0.25, -0.2) is 9.97 Å². The van der Waals surface area contributed by atoms with Crippen molar-refractivity contribution >= 4 is 5.69 Å². The summed E-state index contributed by atoms with van der Waals surface area (Å²) >= 11 is 0. The Morgan fingerprint density at radius 3 is 3.00 bits per heavy atom. The van der Waals surface area contributed by atoms with Gasteiger partial charge in [0.25, 0.3) is 0 Å². The molecule has 2 aromatic heterocycles. The van der Waals surface area contributed by atoms with Gasteiger partial charge in [-0.1, -0.05) is 0 Å². The van der Waals surface area contributed by atoms with Crippen LogP contribution in [0, 0.1) is 11.3 Å². The zero-order valence-electron chi connectivity index (χ0n) is 9.41. The molecule has 2 rings (SSSR count). The van der Waals surface area contributed by atoms with Crippen molar-refractivity contribution in [2.75, 3.05) is 5.32 Å². The van der Waals surface area contributed by atoms with Crippen molar-refractivity contribution < 1.29 is 0 Å². The lowest BCUT2D eigenvalue weighted by Gasteiger charge is -2.14. The Hall–Kier alpha value is -2.42. The molecule has 0 saturated carbocycles. The highest BCUT2D eigenvalue weighted by Crippen LogP contribution is 2.07. The minimum Gasteiger partial charge on any atom is -0.379 e. The number of hydrogen-bond donors (Lipinski definition) is 1. The molecular weight excluding hydrogens is 216 g/mol. The van der Waals surface area contributed by atoms with Crippen LogP contribution in [0.2, 0.25) is 0 Å². The minimum absolute atomic E-state index is 0.200. The average Bonchev–Trinajstić information content (AvgIpc) is 2.82. The maximum Gasteiger partial charge on any atom is 0.140 e. The second kappa shape index (κ2) is 5.07. The van der Waals surface area contributed by atoms with Gasteiger partial charge in [-0.2, -0.15) is 10.4 Å². The maximum absolute atomic E-state index is 8.63. The molecular formula is C11H12N6. The summed E-state index contributed by atoms with van der Waals surface area (Å²) in [4.78, 5) is 7.87. The third-order valence-corrected chi connectivity index (χ3v) is 2.22. The van der Waals surface area contributed by atoms with E-state index >= 15 is 0 Å². The maximum atomic E-state index is 8.63. The van der Waals surface area contributed by atoms with Crippen LogP contribution in [0.15, 0.2) is 31.0 Å². The van der Waals surface area contributed by atoms with E-state index in [2.05, 4.69) is 20.4 Å². The zero-order valence-corrected chi connectivity index (χ0v) is 9.41. The third kappa shape index (κ3) is 3.01. The van der Waals surface area contributed by atoms with Crippen molar-refractivity contribution in [3.8, 4) is 6.07 Å². The second-order valence-electron chi connectivity index (χ2n) is 3.71.